The number of rotatable bonds is 5. The maximum atomic E-state index is 11.0. The molecule has 0 aliphatic rings. The first kappa shape index (κ1) is 16.1. The van der Waals surface area contributed by atoms with Gasteiger partial charge < -0.3 is 4.74 Å². The van der Waals surface area contributed by atoms with E-state index in [-0.39, 0.29) is 0 Å². The summed E-state index contributed by atoms with van der Waals surface area (Å²) in [7, 11) is 0. The van der Waals surface area contributed by atoms with Gasteiger partial charge in [0.2, 0.25) is 0 Å². The number of ether oxygens (including phenoxy) is 1. The molecule has 0 N–H and O–H groups in total. The average Bonchev–Trinajstić information content (AvgIpc) is 3.18. The van der Waals surface area contributed by atoms with Crippen molar-refractivity contribution in [1.29, 1.82) is 0 Å². The molecule has 118 valence electrons. The summed E-state index contributed by atoms with van der Waals surface area (Å²) >= 11 is 14.0. The lowest BCUT2D eigenvalue weighted by molar-refractivity contribution is 0.111. The van der Waals surface area contributed by atoms with Crippen LogP contribution >= 0.6 is 34.5 Å². The van der Waals surface area contributed by atoms with E-state index in [2.05, 4.69) is 4.98 Å². The van der Waals surface area contributed by atoms with Gasteiger partial charge in [-0.3, -0.25) is 9.36 Å². The van der Waals surface area contributed by atoms with Crippen LogP contribution in [0.25, 0.3) is 16.4 Å². The van der Waals surface area contributed by atoms with Crippen molar-refractivity contribution in [2.45, 2.75) is 6.92 Å². The molecule has 0 atom stereocenters. The maximum Gasteiger partial charge on any atom is 0.194 e. The van der Waals surface area contributed by atoms with E-state index < -0.39 is 0 Å². The molecule has 0 unspecified atom stereocenters. The third-order valence-corrected chi connectivity index (χ3v) is 4.64. The number of halogens is 2. The first-order chi connectivity index (χ1) is 11.1. The fraction of sp³-hybridized carbons (Fsp3) is 0.125. The summed E-state index contributed by atoms with van der Waals surface area (Å²) in [6, 6.07) is 6.96. The standard InChI is InChI=1S/C16H12Cl2N2O2S/c1-2-22-15-7-12(17)11(6-13(15)18)14-9-23-16(19-14)20-5-3-4-10(20)8-21/h3-9H,2H2,1H3. The zero-order chi connectivity index (χ0) is 16.4. The summed E-state index contributed by atoms with van der Waals surface area (Å²) < 4.78 is 7.15. The van der Waals surface area contributed by atoms with Gasteiger partial charge in [0, 0.05) is 23.2 Å². The van der Waals surface area contributed by atoms with E-state index in [1.165, 1.54) is 11.3 Å². The number of carbonyl (C=O) groups excluding carboxylic acids is 1. The Morgan fingerprint density at radius 2 is 2.17 bits per heavy atom. The molecule has 7 heteroatoms. The lowest BCUT2D eigenvalue weighted by Crippen LogP contribution is -1.97. The number of benzene rings is 1. The molecule has 0 radical (unpaired) electrons. The number of aldehydes is 1. The van der Waals surface area contributed by atoms with Crippen molar-refractivity contribution in [1.82, 2.24) is 9.55 Å². The molecule has 0 amide bonds. The van der Waals surface area contributed by atoms with Gasteiger partial charge in [0.05, 0.1) is 28.0 Å². The van der Waals surface area contributed by atoms with E-state index >= 15 is 0 Å². The summed E-state index contributed by atoms with van der Waals surface area (Å²) in [5.41, 5.74) is 1.97. The minimum atomic E-state index is 0.482. The molecule has 2 aromatic heterocycles. The van der Waals surface area contributed by atoms with Gasteiger partial charge in [0.1, 0.15) is 5.75 Å². The van der Waals surface area contributed by atoms with Crippen molar-refractivity contribution in [3.05, 3.63) is 51.6 Å². The number of carbonyl (C=O) groups is 1. The summed E-state index contributed by atoms with van der Waals surface area (Å²) in [6.07, 6.45) is 2.58. The van der Waals surface area contributed by atoms with Crippen LogP contribution in [-0.4, -0.2) is 22.4 Å². The highest BCUT2D eigenvalue weighted by Crippen LogP contribution is 2.37. The predicted octanol–water partition coefficient (Wildman–Crippen LogP) is 5.12. The smallest absolute Gasteiger partial charge is 0.194 e. The second-order valence-corrected chi connectivity index (χ2v) is 6.28. The SMILES string of the molecule is CCOc1cc(Cl)c(-c2csc(-n3cccc3C=O)n2)cc1Cl. The molecule has 3 rings (SSSR count). The van der Waals surface area contributed by atoms with Gasteiger partial charge in [-0.25, -0.2) is 4.98 Å². The molecule has 3 aromatic rings. The summed E-state index contributed by atoms with van der Waals surface area (Å²) in [5.74, 6) is 0.548. The molecule has 2 heterocycles. The van der Waals surface area contributed by atoms with Crippen LogP contribution in [0.15, 0.2) is 35.8 Å². The molecule has 0 aliphatic carbocycles. The van der Waals surface area contributed by atoms with Crippen LogP contribution in [0, 0.1) is 0 Å². The van der Waals surface area contributed by atoms with Gasteiger partial charge in [-0.15, -0.1) is 11.3 Å². The monoisotopic (exact) mass is 366 g/mol. The number of aromatic nitrogens is 2. The lowest BCUT2D eigenvalue weighted by Gasteiger charge is -2.09. The van der Waals surface area contributed by atoms with Crippen molar-refractivity contribution in [3.63, 3.8) is 0 Å². The molecule has 23 heavy (non-hydrogen) atoms. The van der Waals surface area contributed by atoms with Crippen LogP contribution in [0.4, 0.5) is 0 Å². The van der Waals surface area contributed by atoms with Crippen LogP contribution in [0.2, 0.25) is 10.0 Å². The number of hydrogen-bond donors (Lipinski definition) is 0. The van der Waals surface area contributed by atoms with Crippen LogP contribution in [-0.2, 0) is 0 Å². The molecule has 0 saturated heterocycles. The van der Waals surface area contributed by atoms with Crippen molar-refractivity contribution in [3.8, 4) is 22.1 Å². The van der Waals surface area contributed by atoms with Gasteiger partial charge in [0.25, 0.3) is 0 Å². The van der Waals surface area contributed by atoms with Crippen molar-refractivity contribution < 1.29 is 9.53 Å². The second kappa shape index (κ2) is 6.74. The highest BCUT2D eigenvalue weighted by atomic mass is 35.5. The summed E-state index contributed by atoms with van der Waals surface area (Å²) in [4.78, 5) is 15.6. The van der Waals surface area contributed by atoms with E-state index in [0.29, 0.717) is 38.9 Å². The quantitative estimate of drug-likeness (QED) is 0.588. The Hall–Kier alpha value is -1.82. The Kier molecular flexibility index (Phi) is 4.71. The van der Waals surface area contributed by atoms with E-state index in [1.54, 1.807) is 35.0 Å². The zero-order valence-electron chi connectivity index (χ0n) is 12.1. The lowest BCUT2D eigenvalue weighted by atomic mass is 10.1. The van der Waals surface area contributed by atoms with Crippen molar-refractivity contribution >= 4 is 40.8 Å². The number of hydrogen-bond acceptors (Lipinski definition) is 4. The van der Waals surface area contributed by atoms with Crippen LogP contribution in [0.1, 0.15) is 17.4 Å². The van der Waals surface area contributed by atoms with Gasteiger partial charge in [0.15, 0.2) is 11.4 Å². The van der Waals surface area contributed by atoms with Crippen molar-refractivity contribution in [2.75, 3.05) is 6.61 Å². The van der Waals surface area contributed by atoms with Crippen molar-refractivity contribution in [2.24, 2.45) is 0 Å². The minimum Gasteiger partial charge on any atom is -0.492 e. The maximum absolute atomic E-state index is 11.0. The molecule has 0 bridgehead atoms. The van der Waals surface area contributed by atoms with Gasteiger partial charge >= 0.3 is 0 Å². The first-order valence-electron chi connectivity index (χ1n) is 6.84. The Bertz CT molecular complexity index is 858. The molecule has 0 spiro atoms. The first-order valence-corrected chi connectivity index (χ1v) is 8.48. The molecule has 0 saturated carbocycles. The topological polar surface area (TPSA) is 44.1 Å². The highest BCUT2D eigenvalue weighted by molar-refractivity contribution is 7.12. The fourth-order valence-corrected chi connectivity index (χ4v) is 3.45. The molecule has 1 aromatic carbocycles. The van der Waals surface area contributed by atoms with E-state index in [0.717, 1.165) is 11.8 Å². The molecular formula is C16H12Cl2N2O2S. The molecular weight excluding hydrogens is 355 g/mol. The van der Waals surface area contributed by atoms with Crippen LogP contribution < -0.4 is 4.74 Å². The zero-order valence-corrected chi connectivity index (χ0v) is 14.5. The minimum absolute atomic E-state index is 0.482. The van der Waals surface area contributed by atoms with Gasteiger partial charge in [-0.1, -0.05) is 23.2 Å². The molecule has 0 fully saturated rings. The second-order valence-electron chi connectivity index (χ2n) is 4.63. The predicted molar refractivity (Wildman–Crippen MR) is 93.5 cm³/mol. The fourth-order valence-electron chi connectivity index (χ4n) is 2.15. The largest absolute Gasteiger partial charge is 0.492 e. The Morgan fingerprint density at radius 3 is 2.91 bits per heavy atom. The van der Waals surface area contributed by atoms with E-state index in [9.17, 15) is 4.79 Å². The van der Waals surface area contributed by atoms with E-state index in [1.807, 2.05) is 12.3 Å². The third kappa shape index (κ3) is 3.13. The highest BCUT2D eigenvalue weighted by Gasteiger charge is 2.14. The Labute approximate surface area is 147 Å². The molecule has 0 aliphatic heterocycles. The van der Waals surface area contributed by atoms with Gasteiger partial charge in [-0.2, -0.15) is 0 Å². The average molecular weight is 367 g/mol. The Morgan fingerprint density at radius 1 is 1.35 bits per heavy atom. The van der Waals surface area contributed by atoms with E-state index in [4.69, 9.17) is 27.9 Å². The summed E-state index contributed by atoms with van der Waals surface area (Å²) in [5, 5.41) is 3.56. The van der Waals surface area contributed by atoms with Crippen LogP contribution in [0.3, 0.4) is 0 Å². The number of nitrogens with zero attached hydrogens (tertiary/aromatic N) is 2. The third-order valence-electron chi connectivity index (χ3n) is 3.20. The summed E-state index contributed by atoms with van der Waals surface area (Å²) in [6.45, 7) is 2.39. The van der Waals surface area contributed by atoms with Crippen LogP contribution in [0.5, 0.6) is 5.75 Å². The Balaban J connectivity index is 2.01. The normalized spacial score (nSPS) is 10.7. The number of thiazole rings is 1. The molecule has 4 nitrogen and oxygen atoms in total. The van der Waals surface area contributed by atoms with Gasteiger partial charge in [-0.05, 0) is 25.1 Å².